The molecule has 0 saturated heterocycles. The second-order valence-electron chi connectivity index (χ2n) is 6.19. The summed E-state index contributed by atoms with van der Waals surface area (Å²) in [7, 11) is 0. The fraction of sp³-hybridized carbons (Fsp3) is 0.400. The Labute approximate surface area is 159 Å². The number of carbonyl (C=O) groups excluding carboxylic acids is 2. The van der Waals surface area contributed by atoms with Crippen LogP contribution in [0.2, 0.25) is 0 Å². The van der Waals surface area contributed by atoms with Crippen LogP contribution < -0.4 is 16.0 Å². The summed E-state index contributed by atoms with van der Waals surface area (Å²) in [4.78, 5) is 25.0. The summed E-state index contributed by atoms with van der Waals surface area (Å²) in [5.74, 6) is -0.286. The van der Waals surface area contributed by atoms with Crippen LogP contribution in [-0.2, 0) is 11.2 Å². The predicted molar refractivity (Wildman–Crippen MR) is 105 cm³/mol. The van der Waals surface area contributed by atoms with Gasteiger partial charge in [-0.1, -0.05) is 50.6 Å². The van der Waals surface area contributed by atoms with Crippen LogP contribution in [0.4, 0.5) is 4.79 Å². The number of amides is 3. The first-order valence-electron chi connectivity index (χ1n) is 9.17. The lowest BCUT2D eigenvalue weighted by molar-refractivity contribution is -0.676. The summed E-state index contributed by atoms with van der Waals surface area (Å²) >= 11 is 1.67. The Hall–Kier alpha value is -2.18. The number of benzene rings is 1. The van der Waals surface area contributed by atoms with E-state index < -0.39 is 6.03 Å². The average molecular weight is 375 g/mol. The molecule has 4 N–H and O–H groups in total. The number of rotatable bonds is 9. The molecule has 2 rings (SSSR count). The van der Waals surface area contributed by atoms with E-state index in [9.17, 15) is 9.59 Å². The van der Waals surface area contributed by atoms with Crippen LogP contribution in [0.15, 0.2) is 41.8 Å². The lowest BCUT2D eigenvalue weighted by Gasteiger charge is -2.15. The number of nitrogens with two attached hydrogens (primary N) is 1. The van der Waals surface area contributed by atoms with E-state index in [0.29, 0.717) is 6.54 Å². The standard InChI is InChI=1S/C20H27N3O2S/c1-3-5-12-21-20(25)23-18(24)14-22-19(17-7-6-13-26-17)16-10-8-15(4-2)9-11-16/h6-11,13,19,22H,3-5,12,14H2,1-2H3,(H2,21,23,24,25)/p+1/t19-/m0/s1. The van der Waals surface area contributed by atoms with Crippen molar-refractivity contribution in [3.8, 4) is 0 Å². The molecule has 2 aromatic rings. The van der Waals surface area contributed by atoms with Crippen molar-refractivity contribution in [2.75, 3.05) is 13.1 Å². The molecule has 0 aliphatic carbocycles. The maximum atomic E-state index is 12.1. The minimum atomic E-state index is -0.420. The summed E-state index contributed by atoms with van der Waals surface area (Å²) in [5.41, 5.74) is 2.45. The monoisotopic (exact) mass is 374 g/mol. The Morgan fingerprint density at radius 3 is 2.54 bits per heavy atom. The lowest BCUT2D eigenvalue weighted by Crippen LogP contribution is -2.87. The van der Waals surface area contributed by atoms with Gasteiger partial charge in [0.2, 0.25) is 0 Å². The van der Waals surface area contributed by atoms with Gasteiger partial charge in [0.25, 0.3) is 5.91 Å². The highest BCUT2D eigenvalue weighted by molar-refractivity contribution is 7.10. The van der Waals surface area contributed by atoms with Crippen molar-refractivity contribution in [1.29, 1.82) is 0 Å². The van der Waals surface area contributed by atoms with Crippen molar-refractivity contribution in [1.82, 2.24) is 10.6 Å². The van der Waals surface area contributed by atoms with E-state index in [2.05, 4.69) is 54.8 Å². The van der Waals surface area contributed by atoms with Gasteiger partial charge in [0.1, 0.15) is 6.04 Å². The van der Waals surface area contributed by atoms with Gasteiger partial charge in [-0.3, -0.25) is 10.1 Å². The van der Waals surface area contributed by atoms with Gasteiger partial charge < -0.3 is 10.6 Å². The Balaban J connectivity index is 1.95. The van der Waals surface area contributed by atoms with Crippen molar-refractivity contribution in [2.24, 2.45) is 0 Å². The smallest absolute Gasteiger partial charge is 0.321 e. The third-order valence-electron chi connectivity index (χ3n) is 4.20. The second-order valence-corrected chi connectivity index (χ2v) is 7.16. The molecular weight excluding hydrogens is 346 g/mol. The number of thiophene rings is 1. The number of aryl methyl sites for hydroxylation is 1. The Bertz CT molecular complexity index is 684. The minimum absolute atomic E-state index is 0.0507. The van der Waals surface area contributed by atoms with E-state index in [4.69, 9.17) is 0 Å². The fourth-order valence-corrected chi connectivity index (χ4v) is 3.52. The summed E-state index contributed by atoms with van der Waals surface area (Å²) in [6, 6.07) is 12.2. The molecule has 6 heteroatoms. The van der Waals surface area contributed by atoms with Crippen molar-refractivity contribution in [3.05, 3.63) is 57.8 Å². The normalized spacial score (nSPS) is 11.8. The van der Waals surface area contributed by atoms with Crippen molar-refractivity contribution in [3.63, 3.8) is 0 Å². The van der Waals surface area contributed by atoms with E-state index in [0.717, 1.165) is 24.8 Å². The van der Waals surface area contributed by atoms with E-state index in [1.54, 1.807) is 11.3 Å². The molecule has 5 nitrogen and oxygen atoms in total. The van der Waals surface area contributed by atoms with Crippen molar-refractivity contribution >= 4 is 23.3 Å². The highest BCUT2D eigenvalue weighted by atomic mass is 32.1. The maximum absolute atomic E-state index is 12.1. The number of quaternary nitrogens is 1. The fourth-order valence-electron chi connectivity index (χ4n) is 2.67. The number of urea groups is 1. The minimum Gasteiger partial charge on any atom is -0.338 e. The molecule has 3 amide bonds. The molecule has 0 bridgehead atoms. The summed E-state index contributed by atoms with van der Waals surface area (Å²) in [6.45, 7) is 4.96. The molecule has 0 fully saturated rings. The largest absolute Gasteiger partial charge is 0.338 e. The number of carbonyl (C=O) groups is 2. The lowest BCUT2D eigenvalue weighted by atomic mass is 10.0. The first kappa shape index (κ1) is 20.1. The number of hydrogen-bond acceptors (Lipinski definition) is 3. The van der Waals surface area contributed by atoms with Gasteiger partial charge in [-0.15, -0.1) is 11.3 Å². The van der Waals surface area contributed by atoms with Crippen molar-refractivity contribution in [2.45, 2.75) is 39.2 Å². The third kappa shape index (κ3) is 6.28. The summed E-state index contributed by atoms with van der Waals surface area (Å²) in [5, 5.41) is 9.10. The van der Waals surface area contributed by atoms with Gasteiger partial charge in [0.15, 0.2) is 6.54 Å². The molecule has 1 heterocycles. The molecule has 0 aliphatic rings. The molecule has 0 spiro atoms. The van der Waals surface area contributed by atoms with Crippen LogP contribution in [0.5, 0.6) is 0 Å². The molecule has 0 unspecified atom stereocenters. The van der Waals surface area contributed by atoms with Crippen LogP contribution in [0, 0.1) is 0 Å². The highest BCUT2D eigenvalue weighted by Crippen LogP contribution is 2.23. The van der Waals surface area contributed by atoms with Crippen molar-refractivity contribution < 1.29 is 14.9 Å². The Morgan fingerprint density at radius 1 is 1.15 bits per heavy atom. The zero-order valence-electron chi connectivity index (χ0n) is 15.5. The van der Waals surface area contributed by atoms with Crippen LogP contribution in [0.1, 0.15) is 48.7 Å². The van der Waals surface area contributed by atoms with Crippen LogP contribution in [0.25, 0.3) is 0 Å². The van der Waals surface area contributed by atoms with E-state index >= 15 is 0 Å². The molecule has 0 aliphatic heterocycles. The zero-order chi connectivity index (χ0) is 18.8. The second kappa shape index (κ2) is 10.7. The number of imide groups is 1. The quantitative estimate of drug-likeness (QED) is 0.590. The number of unbranched alkanes of at least 4 members (excludes halogenated alkanes) is 1. The third-order valence-corrected chi connectivity index (χ3v) is 5.16. The maximum Gasteiger partial charge on any atom is 0.321 e. The summed E-state index contributed by atoms with van der Waals surface area (Å²) in [6.07, 6.45) is 2.91. The van der Waals surface area contributed by atoms with E-state index in [1.165, 1.54) is 10.4 Å². The highest BCUT2D eigenvalue weighted by Gasteiger charge is 2.20. The summed E-state index contributed by atoms with van der Waals surface area (Å²) < 4.78 is 0. The van der Waals surface area contributed by atoms with Gasteiger partial charge in [-0.05, 0) is 29.9 Å². The zero-order valence-corrected chi connectivity index (χ0v) is 16.3. The SMILES string of the molecule is CCCCNC(=O)NC(=O)C[NH2+][C@@H](c1ccc(CC)cc1)c1cccs1. The first-order valence-corrected chi connectivity index (χ1v) is 10.0. The number of hydrogen-bond donors (Lipinski definition) is 3. The van der Waals surface area contributed by atoms with Gasteiger partial charge in [0, 0.05) is 12.1 Å². The van der Waals surface area contributed by atoms with Gasteiger partial charge >= 0.3 is 6.03 Å². The topological polar surface area (TPSA) is 74.8 Å². The molecule has 0 radical (unpaired) electrons. The van der Waals surface area contributed by atoms with Crippen LogP contribution >= 0.6 is 11.3 Å². The van der Waals surface area contributed by atoms with E-state index in [1.807, 2.05) is 16.8 Å². The molecular formula is C20H28N3O2S+. The first-order chi connectivity index (χ1) is 12.6. The van der Waals surface area contributed by atoms with Gasteiger partial charge in [-0.2, -0.15) is 0 Å². The molecule has 1 aromatic heterocycles. The van der Waals surface area contributed by atoms with E-state index in [-0.39, 0.29) is 18.5 Å². The molecule has 26 heavy (non-hydrogen) atoms. The molecule has 0 saturated carbocycles. The average Bonchev–Trinajstić information content (AvgIpc) is 3.17. The van der Waals surface area contributed by atoms with Crippen LogP contribution in [-0.4, -0.2) is 25.0 Å². The Morgan fingerprint density at radius 2 is 1.92 bits per heavy atom. The predicted octanol–water partition coefficient (Wildman–Crippen LogP) is 2.59. The molecule has 1 aromatic carbocycles. The molecule has 140 valence electrons. The number of nitrogens with one attached hydrogen (secondary N) is 2. The molecule has 1 atom stereocenters. The van der Waals surface area contributed by atoms with Gasteiger partial charge in [0.05, 0.1) is 4.88 Å². The Kier molecular flexibility index (Phi) is 8.31. The van der Waals surface area contributed by atoms with Crippen LogP contribution in [0.3, 0.4) is 0 Å². The van der Waals surface area contributed by atoms with Gasteiger partial charge in [-0.25, -0.2) is 4.79 Å².